The van der Waals surface area contributed by atoms with Crippen LogP contribution in [0, 0.1) is 0 Å². The van der Waals surface area contributed by atoms with Crippen molar-refractivity contribution in [2.75, 3.05) is 32.2 Å². The molecular weight excluding hydrogens is 372 g/mol. The number of nitrogens with zero attached hydrogens (tertiary/aromatic N) is 2. The molecule has 2 aromatic carbocycles. The minimum absolute atomic E-state index is 0.223. The lowest BCUT2D eigenvalue weighted by molar-refractivity contribution is -0.140. The molecule has 1 heterocycles. The number of esters is 2. The number of ether oxygens (including phenoxy) is 3. The van der Waals surface area contributed by atoms with Crippen molar-refractivity contribution >= 4 is 29.6 Å². The van der Waals surface area contributed by atoms with Crippen LogP contribution < -0.4 is 9.64 Å². The number of benzene rings is 2. The third kappa shape index (κ3) is 5.01. The van der Waals surface area contributed by atoms with Gasteiger partial charge in [-0.2, -0.15) is 0 Å². The van der Waals surface area contributed by atoms with Crippen LogP contribution in [0.2, 0.25) is 0 Å². The summed E-state index contributed by atoms with van der Waals surface area (Å²) in [6.45, 7) is 2.29. The Labute approximate surface area is 169 Å². The van der Waals surface area contributed by atoms with Gasteiger partial charge in [-0.05, 0) is 35.9 Å². The van der Waals surface area contributed by atoms with Gasteiger partial charge in [0, 0.05) is 19.7 Å². The number of para-hydroxylation sites is 1. The Kier molecular flexibility index (Phi) is 6.29. The van der Waals surface area contributed by atoms with Gasteiger partial charge >= 0.3 is 11.9 Å². The second-order valence-corrected chi connectivity index (χ2v) is 6.39. The molecule has 3 rings (SSSR count). The van der Waals surface area contributed by atoms with Crippen molar-refractivity contribution in [3.8, 4) is 5.75 Å². The summed E-state index contributed by atoms with van der Waals surface area (Å²) in [6.07, 6.45) is 1.67. The molecule has 7 nitrogen and oxygen atoms in total. The average molecular weight is 394 g/mol. The van der Waals surface area contributed by atoms with Crippen LogP contribution in [0.25, 0.3) is 6.08 Å². The van der Waals surface area contributed by atoms with E-state index < -0.39 is 5.97 Å². The van der Waals surface area contributed by atoms with Crippen molar-refractivity contribution in [1.82, 2.24) is 0 Å². The molecule has 2 aromatic rings. The average Bonchev–Trinajstić information content (AvgIpc) is 3.08. The van der Waals surface area contributed by atoms with Crippen LogP contribution in [-0.2, 0) is 19.1 Å². The fourth-order valence-electron chi connectivity index (χ4n) is 2.78. The molecule has 29 heavy (non-hydrogen) atoms. The highest BCUT2D eigenvalue weighted by Crippen LogP contribution is 2.25. The normalized spacial score (nSPS) is 14.4. The Morgan fingerprint density at radius 3 is 2.59 bits per heavy atom. The fourth-order valence-corrected chi connectivity index (χ4v) is 2.78. The van der Waals surface area contributed by atoms with E-state index in [0.717, 1.165) is 11.3 Å². The molecule has 0 amide bonds. The summed E-state index contributed by atoms with van der Waals surface area (Å²) in [7, 11) is 3.47. The molecule has 0 unspecified atom stereocenters. The largest absolute Gasteiger partial charge is 0.496 e. The Bertz CT molecular complexity index is 963. The summed E-state index contributed by atoms with van der Waals surface area (Å²) in [6, 6.07) is 14.8. The van der Waals surface area contributed by atoms with E-state index in [4.69, 9.17) is 14.2 Å². The summed E-state index contributed by atoms with van der Waals surface area (Å²) >= 11 is 0. The molecule has 0 saturated heterocycles. The number of carbonyl (C=O) groups is 2. The molecule has 0 radical (unpaired) electrons. The van der Waals surface area contributed by atoms with Crippen molar-refractivity contribution < 1.29 is 23.8 Å². The molecule has 1 aliphatic heterocycles. The molecule has 0 N–H and O–H groups in total. The van der Waals surface area contributed by atoms with E-state index in [1.165, 1.54) is 6.92 Å². The van der Waals surface area contributed by atoms with Crippen LogP contribution in [0.4, 0.5) is 5.69 Å². The maximum absolute atomic E-state index is 12.2. The number of hydrogen-bond donors (Lipinski definition) is 0. The van der Waals surface area contributed by atoms with E-state index in [0.29, 0.717) is 24.5 Å². The highest BCUT2D eigenvalue weighted by Gasteiger charge is 2.26. The number of aliphatic imine (C=N–C) groups is 1. The predicted octanol–water partition coefficient (Wildman–Crippen LogP) is 3.04. The number of cyclic esters (lactones) is 1. The molecule has 0 aromatic heterocycles. The molecule has 7 heteroatoms. The van der Waals surface area contributed by atoms with Gasteiger partial charge in [-0.1, -0.05) is 24.3 Å². The molecule has 0 aliphatic carbocycles. The number of rotatable bonds is 7. The maximum Gasteiger partial charge on any atom is 0.363 e. The van der Waals surface area contributed by atoms with Crippen LogP contribution >= 0.6 is 0 Å². The summed E-state index contributed by atoms with van der Waals surface area (Å²) in [5, 5.41) is 0. The quantitative estimate of drug-likeness (QED) is 0.531. The van der Waals surface area contributed by atoms with Crippen LogP contribution in [0.15, 0.2) is 59.2 Å². The van der Waals surface area contributed by atoms with Crippen LogP contribution in [-0.4, -0.2) is 45.1 Å². The van der Waals surface area contributed by atoms with Gasteiger partial charge in [0.15, 0.2) is 5.70 Å². The zero-order valence-corrected chi connectivity index (χ0v) is 16.5. The molecule has 1 aliphatic rings. The second kappa shape index (κ2) is 9.05. The van der Waals surface area contributed by atoms with E-state index >= 15 is 0 Å². The smallest absolute Gasteiger partial charge is 0.363 e. The molecule has 0 atom stereocenters. The van der Waals surface area contributed by atoms with Crippen molar-refractivity contribution in [3.05, 3.63) is 65.4 Å². The first kappa shape index (κ1) is 20.1. The van der Waals surface area contributed by atoms with Gasteiger partial charge in [-0.25, -0.2) is 9.79 Å². The summed E-state index contributed by atoms with van der Waals surface area (Å²) in [4.78, 5) is 29.4. The third-order valence-corrected chi connectivity index (χ3v) is 4.33. The van der Waals surface area contributed by atoms with Gasteiger partial charge in [0.2, 0.25) is 5.90 Å². The molecule has 0 spiro atoms. The maximum atomic E-state index is 12.2. The van der Waals surface area contributed by atoms with Gasteiger partial charge in [0.25, 0.3) is 0 Å². The van der Waals surface area contributed by atoms with Crippen molar-refractivity contribution in [2.24, 2.45) is 4.99 Å². The number of likely N-dealkylation sites (N-methyl/N-ethyl adjacent to an activating group) is 1. The van der Waals surface area contributed by atoms with E-state index in [1.807, 2.05) is 48.3 Å². The standard InChI is InChI=1S/C22H22N2O5/c1-15(25)28-13-12-24(2)17-10-8-16(9-11-17)14-19-22(26)29-21(23-19)18-6-4-5-7-20(18)27-3/h4-11,14H,12-13H2,1-3H3/b19-14-. The number of hydrogen-bond acceptors (Lipinski definition) is 7. The van der Waals surface area contributed by atoms with E-state index in [9.17, 15) is 9.59 Å². The van der Waals surface area contributed by atoms with Crippen molar-refractivity contribution in [2.45, 2.75) is 6.92 Å². The SMILES string of the molecule is COc1ccccc1C1=N/C(=C\c2ccc(N(C)CCOC(C)=O)cc2)C(=O)O1. The Hall–Kier alpha value is -3.61. The van der Waals surface area contributed by atoms with Gasteiger partial charge < -0.3 is 19.1 Å². The lowest BCUT2D eigenvalue weighted by Gasteiger charge is -2.19. The van der Waals surface area contributed by atoms with E-state index in [-0.39, 0.29) is 17.6 Å². The number of anilines is 1. The minimum Gasteiger partial charge on any atom is -0.496 e. The minimum atomic E-state index is -0.506. The van der Waals surface area contributed by atoms with Crippen LogP contribution in [0.5, 0.6) is 5.75 Å². The highest BCUT2D eigenvalue weighted by molar-refractivity contribution is 6.13. The molecule has 0 bridgehead atoms. The topological polar surface area (TPSA) is 77.4 Å². The first-order chi connectivity index (χ1) is 14.0. The third-order valence-electron chi connectivity index (χ3n) is 4.33. The first-order valence-corrected chi connectivity index (χ1v) is 9.08. The lowest BCUT2D eigenvalue weighted by Crippen LogP contribution is -2.23. The van der Waals surface area contributed by atoms with Crippen molar-refractivity contribution in [3.63, 3.8) is 0 Å². The highest BCUT2D eigenvalue weighted by atomic mass is 16.6. The van der Waals surface area contributed by atoms with E-state index in [2.05, 4.69) is 4.99 Å². The Morgan fingerprint density at radius 1 is 1.17 bits per heavy atom. The molecule has 0 fully saturated rings. The van der Waals surface area contributed by atoms with Gasteiger partial charge in [-0.3, -0.25) is 4.79 Å². The van der Waals surface area contributed by atoms with Crippen LogP contribution in [0.1, 0.15) is 18.1 Å². The summed E-state index contributed by atoms with van der Waals surface area (Å²) in [5.41, 5.74) is 2.63. The van der Waals surface area contributed by atoms with Gasteiger partial charge in [-0.15, -0.1) is 0 Å². The van der Waals surface area contributed by atoms with E-state index in [1.54, 1.807) is 25.3 Å². The zero-order valence-electron chi connectivity index (χ0n) is 16.5. The monoisotopic (exact) mass is 394 g/mol. The van der Waals surface area contributed by atoms with Crippen molar-refractivity contribution in [1.29, 1.82) is 0 Å². The molecule has 0 saturated carbocycles. The lowest BCUT2D eigenvalue weighted by atomic mass is 10.1. The fraction of sp³-hybridized carbons (Fsp3) is 0.227. The number of methoxy groups -OCH3 is 1. The first-order valence-electron chi connectivity index (χ1n) is 9.08. The predicted molar refractivity (Wildman–Crippen MR) is 110 cm³/mol. The summed E-state index contributed by atoms with van der Waals surface area (Å²) < 4.78 is 15.6. The number of carbonyl (C=O) groups excluding carboxylic acids is 2. The van der Waals surface area contributed by atoms with Gasteiger partial charge in [0.1, 0.15) is 12.4 Å². The zero-order chi connectivity index (χ0) is 20.8. The summed E-state index contributed by atoms with van der Waals surface area (Å²) in [5.74, 6) is 0.00678. The Balaban J connectivity index is 1.73. The Morgan fingerprint density at radius 2 is 1.90 bits per heavy atom. The van der Waals surface area contributed by atoms with Gasteiger partial charge in [0.05, 0.1) is 19.2 Å². The van der Waals surface area contributed by atoms with Crippen LogP contribution in [0.3, 0.4) is 0 Å². The second-order valence-electron chi connectivity index (χ2n) is 6.39. The molecule has 150 valence electrons. The molecular formula is C22H22N2O5.